The van der Waals surface area contributed by atoms with E-state index in [1.165, 1.54) is 0 Å². The topological polar surface area (TPSA) is 50.4 Å². The summed E-state index contributed by atoms with van der Waals surface area (Å²) >= 11 is 1.81. The lowest BCUT2D eigenvalue weighted by molar-refractivity contribution is 0.0528. The Bertz CT molecular complexity index is 205. The Labute approximate surface area is 103 Å². The molecule has 4 nitrogen and oxygen atoms in total. The van der Waals surface area contributed by atoms with Crippen molar-refractivity contribution in [2.24, 2.45) is 0 Å². The third-order valence-corrected chi connectivity index (χ3v) is 2.54. The van der Waals surface area contributed by atoms with Crippen LogP contribution in [0.15, 0.2) is 0 Å². The Kier molecular flexibility index (Phi) is 7.58. The summed E-state index contributed by atoms with van der Waals surface area (Å²) in [5.74, 6) is 1.08. The number of ether oxygens (including phenoxy) is 1. The molecule has 0 aliphatic heterocycles. The highest BCUT2D eigenvalue weighted by Gasteiger charge is 2.15. The molecule has 1 atom stereocenters. The largest absolute Gasteiger partial charge is 0.444 e. The second-order valence-electron chi connectivity index (χ2n) is 4.74. The molecule has 96 valence electrons. The minimum atomic E-state index is -0.427. The van der Waals surface area contributed by atoms with Gasteiger partial charge in [-0.1, -0.05) is 0 Å². The van der Waals surface area contributed by atoms with Crippen LogP contribution in [-0.4, -0.2) is 42.8 Å². The van der Waals surface area contributed by atoms with E-state index in [-0.39, 0.29) is 6.09 Å². The van der Waals surface area contributed by atoms with Crippen LogP contribution in [0.2, 0.25) is 0 Å². The summed E-state index contributed by atoms with van der Waals surface area (Å²) < 4.78 is 5.11. The first-order valence-corrected chi connectivity index (χ1v) is 6.93. The van der Waals surface area contributed by atoms with Crippen LogP contribution in [0.5, 0.6) is 0 Å². The number of rotatable bonds is 6. The molecular formula is C11H24N2O2S. The van der Waals surface area contributed by atoms with Gasteiger partial charge in [-0.3, -0.25) is 0 Å². The van der Waals surface area contributed by atoms with Crippen molar-refractivity contribution < 1.29 is 9.53 Å². The standard InChI is InChI=1S/C11H24N2O2S/c1-9(8-16-5)12-6-7-13-10(14)15-11(2,3)4/h9,12H,6-8H2,1-5H3,(H,13,14). The van der Waals surface area contributed by atoms with Gasteiger partial charge < -0.3 is 15.4 Å². The molecule has 0 bridgehead atoms. The SMILES string of the molecule is CSCC(C)NCCNC(=O)OC(C)(C)C. The molecule has 0 aliphatic carbocycles. The van der Waals surface area contributed by atoms with Gasteiger partial charge in [-0.15, -0.1) is 0 Å². The lowest BCUT2D eigenvalue weighted by atomic mass is 10.2. The van der Waals surface area contributed by atoms with Gasteiger partial charge in [-0.2, -0.15) is 11.8 Å². The van der Waals surface area contributed by atoms with Crippen molar-refractivity contribution in [2.75, 3.05) is 25.1 Å². The maximum Gasteiger partial charge on any atom is 0.407 e. The monoisotopic (exact) mass is 248 g/mol. The van der Waals surface area contributed by atoms with Crippen LogP contribution in [0.25, 0.3) is 0 Å². The quantitative estimate of drug-likeness (QED) is 0.704. The molecule has 0 rings (SSSR count). The molecule has 0 aliphatic rings. The highest BCUT2D eigenvalue weighted by molar-refractivity contribution is 7.98. The molecule has 0 saturated carbocycles. The zero-order valence-corrected chi connectivity index (χ0v) is 11.7. The van der Waals surface area contributed by atoms with Crippen molar-refractivity contribution in [1.82, 2.24) is 10.6 Å². The normalized spacial score (nSPS) is 13.3. The van der Waals surface area contributed by atoms with Crippen molar-refractivity contribution in [1.29, 1.82) is 0 Å². The van der Waals surface area contributed by atoms with Crippen molar-refractivity contribution in [3.63, 3.8) is 0 Å². The summed E-state index contributed by atoms with van der Waals surface area (Å²) in [5.41, 5.74) is -0.427. The van der Waals surface area contributed by atoms with Gasteiger partial charge in [0.05, 0.1) is 0 Å². The lowest BCUT2D eigenvalue weighted by Gasteiger charge is -2.20. The average Bonchev–Trinajstić information content (AvgIpc) is 2.10. The number of alkyl carbamates (subject to hydrolysis) is 1. The summed E-state index contributed by atoms with van der Waals surface area (Å²) in [4.78, 5) is 11.3. The van der Waals surface area contributed by atoms with E-state index < -0.39 is 5.60 Å². The summed E-state index contributed by atoms with van der Waals surface area (Å²) in [6.07, 6.45) is 1.73. The van der Waals surface area contributed by atoms with Crippen molar-refractivity contribution >= 4 is 17.9 Å². The number of nitrogens with one attached hydrogen (secondary N) is 2. The number of hydrogen-bond acceptors (Lipinski definition) is 4. The van der Waals surface area contributed by atoms with Crippen LogP contribution in [0.4, 0.5) is 4.79 Å². The molecule has 0 aromatic rings. The fourth-order valence-electron chi connectivity index (χ4n) is 1.11. The number of amides is 1. The lowest BCUT2D eigenvalue weighted by Crippen LogP contribution is -2.39. The minimum absolute atomic E-state index is 0.355. The third-order valence-electron chi connectivity index (χ3n) is 1.70. The summed E-state index contributed by atoms with van der Waals surface area (Å²) in [7, 11) is 0. The maximum absolute atomic E-state index is 11.3. The molecule has 0 spiro atoms. The van der Waals surface area contributed by atoms with Gasteiger partial charge in [0, 0.05) is 24.9 Å². The van der Waals surface area contributed by atoms with E-state index in [4.69, 9.17) is 4.74 Å². The predicted molar refractivity (Wildman–Crippen MR) is 70.1 cm³/mol. The van der Waals surface area contributed by atoms with Crippen LogP contribution in [-0.2, 0) is 4.74 Å². The predicted octanol–water partition coefficient (Wildman–Crippen LogP) is 1.85. The molecule has 0 aromatic carbocycles. The molecule has 0 heterocycles. The van der Waals surface area contributed by atoms with E-state index in [0.29, 0.717) is 12.6 Å². The molecule has 0 aromatic heterocycles. The summed E-state index contributed by atoms with van der Waals surface area (Å²) in [5, 5.41) is 6.02. The van der Waals surface area contributed by atoms with Crippen LogP contribution >= 0.6 is 11.8 Å². The molecule has 2 N–H and O–H groups in total. The highest BCUT2D eigenvalue weighted by atomic mass is 32.2. The Hall–Kier alpha value is -0.420. The number of thioether (sulfide) groups is 1. The van der Waals surface area contributed by atoms with Gasteiger partial charge in [0.25, 0.3) is 0 Å². The maximum atomic E-state index is 11.3. The van der Waals surface area contributed by atoms with Crippen molar-refractivity contribution in [3.05, 3.63) is 0 Å². The van der Waals surface area contributed by atoms with Gasteiger partial charge in [-0.05, 0) is 34.0 Å². The van der Waals surface area contributed by atoms with E-state index in [1.807, 2.05) is 32.5 Å². The molecular weight excluding hydrogens is 224 g/mol. The molecule has 0 radical (unpaired) electrons. The number of carbonyl (C=O) groups is 1. The number of hydrogen-bond donors (Lipinski definition) is 2. The Morgan fingerprint density at radius 3 is 2.50 bits per heavy atom. The summed E-state index contributed by atoms with van der Waals surface area (Å²) in [6.45, 7) is 9.04. The van der Waals surface area contributed by atoms with Crippen molar-refractivity contribution in [2.45, 2.75) is 39.3 Å². The fourth-order valence-corrected chi connectivity index (χ4v) is 1.72. The van der Waals surface area contributed by atoms with E-state index in [0.717, 1.165) is 12.3 Å². The molecule has 0 saturated heterocycles. The Morgan fingerprint density at radius 2 is 2.00 bits per heavy atom. The van der Waals surface area contributed by atoms with E-state index in [9.17, 15) is 4.79 Å². The second-order valence-corrected chi connectivity index (χ2v) is 5.65. The molecule has 5 heteroatoms. The Balaban J connectivity index is 3.48. The zero-order valence-electron chi connectivity index (χ0n) is 10.9. The first-order chi connectivity index (χ1) is 7.35. The average molecular weight is 248 g/mol. The van der Waals surface area contributed by atoms with Gasteiger partial charge >= 0.3 is 6.09 Å². The third kappa shape index (κ3) is 10.1. The van der Waals surface area contributed by atoms with Gasteiger partial charge in [0.1, 0.15) is 5.60 Å². The van der Waals surface area contributed by atoms with Gasteiger partial charge in [0.2, 0.25) is 0 Å². The van der Waals surface area contributed by atoms with Crippen LogP contribution < -0.4 is 10.6 Å². The van der Waals surface area contributed by atoms with Crippen LogP contribution in [0, 0.1) is 0 Å². The first kappa shape index (κ1) is 15.6. The van der Waals surface area contributed by atoms with Gasteiger partial charge in [0.15, 0.2) is 0 Å². The zero-order chi connectivity index (χ0) is 12.6. The first-order valence-electron chi connectivity index (χ1n) is 5.54. The minimum Gasteiger partial charge on any atom is -0.444 e. The van der Waals surface area contributed by atoms with E-state index in [1.54, 1.807) is 0 Å². The van der Waals surface area contributed by atoms with E-state index in [2.05, 4.69) is 23.8 Å². The smallest absolute Gasteiger partial charge is 0.407 e. The van der Waals surface area contributed by atoms with Crippen molar-refractivity contribution in [3.8, 4) is 0 Å². The second kappa shape index (κ2) is 7.79. The van der Waals surface area contributed by atoms with Crippen LogP contribution in [0.1, 0.15) is 27.7 Å². The van der Waals surface area contributed by atoms with E-state index >= 15 is 0 Å². The van der Waals surface area contributed by atoms with Gasteiger partial charge in [-0.25, -0.2) is 4.79 Å². The highest BCUT2D eigenvalue weighted by Crippen LogP contribution is 2.05. The summed E-state index contributed by atoms with van der Waals surface area (Å²) in [6, 6.07) is 0.468. The fraction of sp³-hybridized carbons (Fsp3) is 0.909. The molecule has 16 heavy (non-hydrogen) atoms. The molecule has 0 fully saturated rings. The molecule has 1 unspecified atom stereocenters. The van der Waals surface area contributed by atoms with Crippen LogP contribution in [0.3, 0.4) is 0 Å². The molecule has 1 amide bonds. The Morgan fingerprint density at radius 1 is 1.38 bits per heavy atom. The number of carbonyl (C=O) groups excluding carboxylic acids is 1.